The molecule has 1 amide bonds. The summed E-state index contributed by atoms with van der Waals surface area (Å²) in [4.78, 5) is 10.4. The SMILES string of the molecule is Cc1ccc(NCCOCC(N)=O)c(C#N)c1. The number of rotatable bonds is 6. The van der Waals surface area contributed by atoms with Gasteiger partial charge in [-0.2, -0.15) is 5.26 Å². The Morgan fingerprint density at radius 3 is 3.00 bits per heavy atom. The number of primary amides is 1. The summed E-state index contributed by atoms with van der Waals surface area (Å²) in [5.74, 6) is -0.488. The number of hydrogen-bond acceptors (Lipinski definition) is 4. The number of hydrogen-bond donors (Lipinski definition) is 2. The lowest BCUT2D eigenvalue weighted by Crippen LogP contribution is -2.20. The lowest BCUT2D eigenvalue weighted by Gasteiger charge is -2.08. The second-order valence-electron chi connectivity index (χ2n) is 3.61. The van der Waals surface area contributed by atoms with Gasteiger partial charge in [-0.1, -0.05) is 6.07 Å². The maximum atomic E-state index is 10.4. The van der Waals surface area contributed by atoms with Gasteiger partial charge in [0.2, 0.25) is 5.91 Å². The molecular formula is C12H15N3O2. The fourth-order valence-corrected chi connectivity index (χ4v) is 1.34. The molecular weight excluding hydrogens is 218 g/mol. The Hall–Kier alpha value is -2.06. The van der Waals surface area contributed by atoms with E-state index in [1.165, 1.54) is 0 Å². The first-order valence-corrected chi connectivity index (χ1v) is 5.24. The average molecular weight is 233 g/mol. The van der Waals surface area contributed by atoms with Gasteiger partial charge in [-0.25, -0.2) is 0 Å². The topological polar surface area (TPSA) is 88.1 Å². The molecule has 0 atom stereocenters. The number of nitrogens with zero attached hydrogens (tertiary/aromatic N) is 1. The van der Waals surface area contributed by atoms with Crippen molar-refractivity contribution in [3.63, 3.8) is 0 Å². The molecule has 1 aromatic rings. The van der Waals surface area contributed by atoms with Gasteiger partial charge in [0.25, 0.3) is 0 Å². The van der Waals surface area contributed by atoms with Crippen molar-refractivity contribution in [3.8, 4) is 6.07 Å². The molecule has 0 heterocycles. The smallest absolute Gasteiger partial charge is 0.243 e. The Labute approximate surface area is 100 Å². The van der Waals surface area contributed by atoms with E-state index in [4.69, 9.17) is 15.7 Å². The number of nitriles is 1. The molecule has 0 saturated heterocycles. The second kappa shape index (κ2) is 6.51. The van der Waals surface area contributed by atoms with E-state index in [0.29, 0.717) is 18.7 Å². The van der Waals surface area contributed by atoms with Crippen molar-refractivity contribution >= 4 is 11.6 Å². The van der Waals surface area contributed by atoms with Crippen LogP contribution in [0.3, 0.4) is 0 Å². The molecule has 5 nitrogen and oxygen atoms in total. The molecule has 0 spiro atoms. The van der Waals surface area contributed by atoms with Crippen molar-refractivity contribution in [3.05, 3.63) is 29.3 Å². The predicted molar refractivity (Wildman–Crippen MR) is 64.4 cm³/mol. The minimum atomic E-state index is -0.488. The van der Waals surface area contributed by atoms with Crippen LogP contribution in [0.1, 0.15) is 11.1 Å². The van der Waals surface area contributed by atoms with Gasteiger partial charge in [0, 0.05) is 6.54 Å². The molecule has 0 aliphatic rings. The van der Waals surface area contributed by atoms with Crippen molar-refractivity contribution in [1.82, 2.24) is 0 Å². The number of carbonyl (C=O) groups excluding carboxylic acids is 1. The lowest BCUT2D eigenvalue weighted by molar-refractivity contribution is -0.122. The number of anilines is 1. The Bertz CT molecular complexity index is 438. The summed E-state index contributed by atoms with van der Waals surface area (Å²) in [6.07, 6.45) is 0. The molecule has 5 heteroatoms. The Kier molecular flexibility index (Phi) is 4.98. The number of nitrogens with two attached hydrogens (primary N) is 1. The number of ether oxygens (including phenoxy) is 1. The largest absolute Gasteiger partial charge is 0.382 e. The summed E-state index contributed by atoms with van der Waals surface area (Å²) < 4.78 is 4.99. The molecule has 90 valence electrons. The highest BCUT2D eigenvalue weighted by molar-refractivity contribution is 5.74. The Balaban J connectivity index is 2.42. The number of carbonyl (C=O) groups is 1. The maximum Gasteiger partial charge on any atom is 0.243 e. The van der Waals surface area contributed by atoms with Crippen LogP contribution in [-0.4, -0.2) is 25.7 Å². The summed E-state index contributed by atoms with van der Waals surface area (Å²) in [6, 6.07) is 7.70. The molecule has 0 aliphatic carbocycles. The van der Waals surface area contributed by atoms with Crippen LogP contribution < -0.4 is 11.1 Å². The molecule has 0 saturated carbocycles. The molecule has 0 fully saturated rings. The van der Waals surface area contributed by atoms with Crippen LogP contribution in [0.4, 0.5) is 5.69 Å². The molecule has 0 radical (unpaired) electrons. The van der Waals surface area contributed by atoms with Crippen molar-refractivity contribution in [2.45, 2.75) is 6.92 Å². The van der Waals surface area contributed by atoms with Gasteiger partial charge in [0.1, 0.15) is 12.7 Å². The van der Waals surface area contributed by atoms with Crippen molar-refractivity contribution in [2.24, 2.45) is 5.73 Å². The van der Waals surface area contributed by atoms with Gasteiger partial charge in [-0.3, -0.25) is 4.79 Å². The fraction of sp³-hybridized carbons (Fsp3) is 0.333. The third-order valence-corrected chi connectivity index (χ3v) is 2.10. The van der Waals surface area contributed by atoms with E-state index >= 15 is 0 Å². The van der Waals surface area contributed by atoms with Gasteiger partial charge in [0.15, 0.2) is 0 Å². The number of nitrogens with one attached hydrogen (secondary N) is 1. The van der Waals surface area contributed by atoms with Gasteiger partial charge in [0.05, 0.1) is 17.9 Å². The van der Waals surface area contributed by atoms with E-state index in [2.05, 4.69) is 11.4 Å². The van der Waals surface area contributed by atoms with Gasteiger partial charge in [-0.15, -0.1) is 0 Å². The summed E-state index contributed by atoms with van der Waals surface area (Å²) in [5, 5.41) is 12.0. The lowest BCUT2D eigenvalue weighted by atomic mass is 10.1. The van der Waals surface area contributed by atoms with E-state index in [1.807, 2.05) is 25.1 Å². The highest BCUT2D eigenvalue weighted by Gasteiger charge is 2.01. The van der Waals surface area contributed by atoms with Gasteiger partial charge in [-0.05, 0) is 24.6 Å². The minimum Gasteiger partial charge on any atom is -0.382 e. The van der Waals surface area contributed by atoms with Crippen LogP contribution in [0.15, 0.2) is 18.2 Å². The number of benzene rings is 1. The first-order valence-electron chi connectivity index (χ1n) is 5.24. The monoisotopic (exact) mass is 233 g/mol. The zero-order valence-electron chi connectivity index (χ0n) is 9.69. The predicted octanol–water partition coefficient (Wildman–Crippen LogP) is 0.780. The molecule has 1 aromatic carbocycles. The molecule has 0 aliphatic heterocycles. The minimum absolute atomic E-state index is 0.0827. The maximum absolute atomic E-state index is 10.4. The highest BCUT2D eigenvalue weighted by atomic mass is 16.5. The first kappa shape index (κ1) is 13.0. The third kappa shape index (κ3) is 4.53. The molecule has 0 aromatic heterocycles. The Morgan fingerprint density at radius 2 is 2.35 bits per heavy atom. The van der Waals surface area contributed by atoms with Crippen LogP contribution in [0.2, 0.25) is 0 Å². The van der Waals surface area contributed by atoms with Crippen molar-refractivity contribution in [1.29, 1.82) is 5.26 Å². The zero-order chi connectivity index (χ0) is 12.7. The number of aryl methyl sites for hydroxylation is 1. The summed E-state index contributed by atoms with van der Waals surface area (Å²) in [5.41, 5.74) is 7.32. The summed E-state index contributed by atoms with van der Waals surface area (Å²) in [6.45, 7) is 2.73. The van der Waals surface area contributed by atoms with Crippen molar-refractivity contribution < 1.29 is 9.53 Å². The highest BCUT2D eigenvalue weighted by Crippen LogP contribution is 2.15. The summed E-state index contributed by atoms with van der Waals surface area (Å²) in [7, 11) is 0. The van der Waals surface area contributed by atoms with Crippen LogP contribution in [0.25, 0.3) is 0 Å². The van der Waals surface area contributed by atoms with E-state index in [9.17, 15) is 4.79 Å². The first-order chi connectivity index (χ1) is 8.13. The third-order valence-electron chi connectivity index (χ3n) is 2.10. The molecule has 3 N–H and O–H groups in total. The van der Waals surface area contributed by atoms with Crippen LogP contribution in [0, 0.1) is 18.3 Å². The van der Waals surface area contributed by atoms with Gasteiger partial charge >= 0.3 is 0 Å². The molecule has 1 rings (SSSR count). The normalized spacial score (nSPS) is 9.65. The fourth-order valence-electron chi connectivity index (χ4n) is 1.34. The average Bonchev–Trinajstić information content (AvgIpc) is 2.29. The number of amides is 1. The molecule has 0 bridgehead atoms. The molecule has 0 unspecified atom stereocenters. The second-order valence-corrected chi connectivity index (χ2v) is 3.61. The van der Waals surface area contributed by atoms with Crippen LogP contribution >= 0.6 is 0 Å². The Morgan fingerprint density at radius 1 is 1.59 bits per heavy atom. The standard InChI is InChI=1S/C12H15N3O2/c1-9-2-3-11(10(6-9)7-13)15-4-5-17-8-12(14)16/h2-3,6,15H,4-5,8H2,1H3,(H2,14,16). The van der Waals surface area contributed by atoms with E-state index in [0.717, 1.165) is 11.3 Å². The van der Waals surface area contributed by atoms with Crippen LogP contribution in [0.5, 0.6) is 0 Å². The van der Waals surface area contributed by atoms with Crippen molar-refractivity contribution in [2.75, 3.05) is 25.1 Å². The van der Waals surface area contributed by atoms with Gasteiger partial charge < -0.3 is 15.8 Å². The molecule has 17 heavy (non-hydrogen) atoms. The van der Waals surface area contributed by atoms with E-state index in [1.54, 1.807) is 0 Å². The van der Waals surface area contributed by atoms with Crippen LogP contribution in [-0.2, 0) is 9.53 Å². The van der Waals surface area contributed by atoms with E-state index in [-0.39, 0.29) is 6.61 Å². The summed E-state index contributed by atoms with van der Waals surface area (Å²) >= 11 is 0. The quantitative estimate of drug-likeness (QED) is 0.711. The van der Waals surface area contributed by atoms with E-state index < -0.39 is 5.91 Å². The zero-order valence-corrected chi connectivity index (χ0v) is 9.69.